The van der Waals surface area contributed by atoms with Crippen molar-refractivity contribution in [3.8, 4) is 5.75 Å². The first-order valence-electron chi connectivity index (χ1n) is 8.09. The lowest BCUT2D eigenvalue weighted by molar-refractivity contribution is -0.176. The number of methoxy groups -OCH3 is 1. The summed E-state index contributed by atoms with van der Waals surface area (Å²) in [5.74, 6) is 0.712. The Balaban J connectivity index is 1.86. The van der Waals surface area contributed by atoms with Gasteiger partial charge < -0.3 is 9.63 Å². The molecule has 2 saturated heterocycles. The van der Waals surface area contributed by atoms with Crippen LogP contribution in [-0.4, -0.2) is 30.9 Å². The molecule has 4 rings (SSSR count). The number of anilines is 1. The number of benzene rings is 2. The summed E-state index contributed by atoms with van der Waals surface area (Å²) in [4.78, 5) is 14.3. The van der Waals surface area contributed by atoms with Gasteiger partial charge in [-0.2, -0.15) is 4.67 Å². The topological polar surface area (TPSA) is 38.8 Å². The Hall–Kier alpha value is -1.61. The van der Waals surface area contributed by atoms with Crippen LogP contribution in [0.5, 0.6) is 5.75 Å². The zero-order valence-corrected chi connectivity index (χ0v) is 14.2. The summed E-state index contributed by atoms with van der Waals surface area (Å²) in [5, 5.41) is 0.816. The van der Waals surface area contributed by atoms with Crippen molar-refractivity contribution in [1.82, 2.24) is 4.67 Å². The largest absolute Gasteiger partial charge is 0.642 e. The average Bonchev–Trinajstić information content (AvgIpc) is 3.18. The normalized spacial score (nSPS) is 27.2. The highest BCUT2D eigenvalue weighted by Crippen LogP contribution is 2.65. The Morgan fingerprint density at radius 2 is 1.83 bits per heavy atom. The van der Waals surface area contributed by atoms with Gasteiger partial charge >= 0.3 is 0 Å². The molecule has 2 heterocycles. The van der Waals surface area contributed by atoms with Crippen molar-refractivity contribution < 1.29 is 9.63 Å². The van der Waals surface area contributed by atoms with E-state index in [0.29, 0.717) is 11.8 Å². The van der Waals surface area contributed by atoms with Gasteiger partial charge in [0.05, 0.1) is 25.4 Å². The van der Waals surface area contributed by atoms with Crippen LogP contribution in [0.2, 0.25) is 0 Å². The second kappa shape index (κ2) is 5.79. The molecule has 2 aromatic rings. The number of fused-ring (bicyclic) bond motifs is 1. The average molecular weight is 328 g/mol. The molecule has 2 aliphatic heterocycles. The summed E-state index contributed by atoms with van der Waals surface area (Å²) in [6.45, 7) is 1.71. The van der Waals surface area contributed by atoms with Crippen LogP contribution < -0.4 is 19.6 Å². The van der Waals surface area contributed by atoms with Crippen LogP contribution >= 0.6 is 7.79 Å². The van der Waals surface area contributed by atoms with Crippen molar-refractivity contribution in [3.63, 3.8) is 0 Å². The number of para-hydroxylation sites is 2. The van der Waals surface area contributed by atoms with Crippen LogP contribution in [0.3, 0.4) is 0 Å². The van der Waals surface area contributed by atoms with E-state index in [-0.39, 0.29) is 0 Å². The first-order valence-corrected chi connectivity index (χ1v) is 9.70. The molecule has 0 bridgehead atoms. The molecule has 0 aromatic heterocycles. The zero-order chi connectivity index (χ0) is 15.9. The van der Waals surface area contributed by atoms with Crippen molar-refractivity contribution in [1.29, 1.82) is 0 Å². The second-order valence-electron chi connectivity index (χ2n) is 6.09. The van der Waals surface area contributed by atoms with Gasteiger partial charge in [0.1, 0.15) is 0 Å². The van der Waals surface area contributed by atoms with Gasteiger partial charge in [-0.25, -0.2) is 4.67 Å². The third-order valence-electron chi connectivity index (χ3n) is 4.86. The highest BCUT2D eigenvalue weighted by Gasteiger charge is 2.57. The fraction of sp³-hybridized carbons (Fsp3) is 0.333. The molecule has 0 N–H and O–H groups in total. The maximum absolute atomic E-state index is 14.3. The second-order valence-corrected chi connectivity index (χ2v) is 8.66. The molecule has 5 heteroatoms. The van der Waals surface area contributed by atoms with Gasteiger partial charge in [-0.3, -0.25) is 0 Å². The van der Waals surface area contributed by atoms with Crippen molar-refractivity contribution in [2.24, 2.45) is 0 Å². The SMILES string of the molecule is COc1ccccc1[P+]1([O-])N(c2ccccc2)C[C@@H]2CCCN21. The molecular formula is C18H21N2O2P. The van der Waals surface area contributed by atoms with E-state index in [9.17, 15) is 4.89 Å². The summed E-state index contributed by atoms with van der Waals surface area (Å²) in [5.41, 5.74) is 1.02. The van der Waals surface area contributed by atoms with Gasteiger partial charge in [-0.1, -0.05) is 30.3 Å². The van der Waals surface area contributed by atoms with E-state index in [2.05, 4.69) is 9.34 Å². The van der Waals surface area contributed by atoms with Crippen LogP contribution in [-0.2, 0) is 0 Å². The predicted molar refractivity (Wildman–Crippen MR) is 93.1 cm³/mol. The minimum atomic E-state index is -2.87. The number of hydrogen-bond donors (Lipinski definition) is 0. The van der Waals surface area contributed by atoms with E-state index < -0.39 is 7.79 Å². The maximum Gasteiger partial charge on any atom is 0.171 e. The van der Waals surface area contributed by atoms with Gasteiger partial charge in [0.2, 0.25) is 0 Å². The number of rotatable bonds is 3. The quantitative estimate of drug-likeness (QED) is 0.811. The van der Waals surface area contributed by atoms with Crippen LogP contribution in [0.1, 0.15) is 12.8 Å². The van der Waals surface area contributed by atoms with E-state index in [4.69, 9.17) is 4.74 Å². The highest BCUT2D eigenvalue weighted by molar-refractivity contribution is 7.76. The Morgan fingerprint density at radius 3 is 2.61 bits per heavy atom. The number of nitrogens with zero attached hydrogens (tertiary/aromatic N) is 2. The highest BCUT2D eigenvalue weighted by atomic mass is 31.2. The Kier molecular flexibility index (Phi) is 3.76. The fourth-order valence-corrected chi connectivity index (χ4v) is 7.26. The molecule has 2 fully saturated rings. The first kappa shape index (κ1) is 14.9. The van der Waals surface area contributed by atoms with Gasteiger partial charge in [-0.15, -0.1) is 0 Å². The molecule has 4 nitrogen and oxygen atoms in total. The van der Waals surface area contributed by atoms with Gasteiger partial charge in [0.15, 0.2) is 18.8 Å². The molecule has 2 aliphatic rings. The summed E-state index contributed by atoms with van der Waals surface area (Å²) in [6.07, 6.45) is 2.23. The van der Waals surface area contributed by atoms with E-state index in [1.54, 1.807) is 7.11 Å². The Morgan fingerprint density at radius 1 is 1.09 bits per heavy atom. The number of hydrogen-bond acceptors (Lipinski definition) is 4. The fourth-order valence-electron chi connectivity index (χ4n) is 3.81. The van der Waals surface area contributed by atoms with E-state index in [1.807, 2.05) is 54.6 Å². The smallest absolute Gasteiger partial charge is 0.171 e. The Bertz CT molecular complexity index is 696. The lowest BCUT2D eigenvalue weighted by Crippen LogP contribution is -2.41. The summed E-state index contributed by atoms with van der Waals surface area (Å²) in [6, 6.07) is 18.2. The van der Waals surface area contributed by atoms with Crippen LogP contribution in [0.4, 0.5) is 5.69 Å². The van der Waals surface area contributed by atoms with E-state index in [0.717, 1.165) is 36.9 Å². The van der Waals surface area contributed by atoms with Crippen molar-refractivity contribution >= 4 is 18.8 Å². The standard InChI is InChI=1S/C18H21N2O2P/c1-22-17-11-5-6-12-18(17)23(21)19-13-7-10-16(19)14-20(23)15-8-3-2-4-9-15/h2-6,8-9,11-12,16H,7,10,13-14H2,1H3/t16-,23?/m0/s1. The third-order valence-corrected chi connectivity index (χ3v) is 8.13. The molecule has 0 aliphatic carbocycles. The molecule has 23 heavy (non-hydrogen) atoms. The van der Waals surface area contributed by atoms with E-state index in [1.165, 1.54) is 0 Å². The van der Waals surface area contributed by atoms with Gasteiger partial charge in [-0.05, 0) is 37.1 Å². The van der Waals surface area contributed by atoms with Crippen LogP contribution in [0.25, 0.3) is 0 Å². The molecule has 2 atom stereocenters. The summed E-state index contributed by atoms with van der Waals surface area (Å²) < 4.78 is 9.86. The minimum absolute atomic E-state index is 0.367. The molecular weight excluding hydrogens is 307 g/mol. The van der Waals surface area contributed by atoms with Crippen LogP contribution in [0.15, 0.2) is 54.6 Å². The number of ether oxygens (including phenoxy) is 1. The first-order chi connectivity index (χ1) is 11.2. The summed E-state index contributed by atoms with van der Waals surface area (Å²) >= 11 is 0. The Labute approximate surface area is 137 Å². The molecule has 0 radical (unpaired) electrons. The molecule has 0 amide bonds. The monoisotopic (exact) mass is 328 g/mol. The van der Waals surface area contributed by atoms with Gasteiger partial charge in [0.25, 0.3) is 0 Å². The molecule has 0 spiro atoms. The van der Waals surface area contributed by atoms with E-state index >= 15 is 0 Å². The minimum Gasteiger partial charge on any atom is -0.642 e. The van der Waals surface area contributed by atoms with Crippen molar-refractivity contribution in [2.75, 3.05) is 24.9 Å². The molecule has 2 aromatic carbocycles. The van der Waals surface area contributed by atoms with Gasteiger partial charge in [0, 0.05) is 6.54 Å². The summed E-state index contributed by atoms with van der Waals surface area (Å²) in [7, 11) is -1.22. The lowest BCUT2D eigenvalue weighted by Gasteiger charge is -2.40. The van der Waals surface area contributed by atoms with Crippen LogP contribution in [0, 0.1) is 0 Å². The zero-order valence-electron chi connectivity index (χ0n) is 13.3. The van der Waals surface area contributed by atoms with Crippen molar-refractivity contribution in [3.05, 3.63) is 54.6 Å². The molecule has 0 saturated carbocycles. The predicted octanol–water partition coefficient (Wildman–Crippen LogP) is 2.43. The lowest BCUT2D eigenvalue weighted by atomic mass is 10.2. The molecule has 1 unspecified atom stereocenters. The molecule has 120 valence electrons. The third kappa shape index (κ3) is 2.25. The maximum atomic E-state index is 14.3. The van der Waals surface area contributed by atoms with Crippen molar-refractivity contribution in [2.45, 2.75) is 18.9 Å².